The second-order valence-electron chi connectivity index (χ2n) is 4.41. The van der Waals surface area contributed by atoms with Gasteiger partial charge in [-0.2, -0.15) is 0 Å². The Morgan fingerprint density at radius 2 is 1.76 bits per heavy atom. The van der Waals surface area contributed by atoms with Gasteiger partial charge in [-0.15, -0.1) is 0 Å². The van der Waals surface area contributed by atoms with Crippen molar-refractivity contribution in [1.82, 2.24) is 0 Å². The molecule has 2 aromatic carbocycles. The van der Waals surface area contributed by atoms with Gasteiger partial charge in [0.1, 0.15) is 11.5 Å². The molecule has 4 nitrogen and oxygen atoms in total. The lowest BCUT2D eigenvalue weighted by Gasteiger charge is -2.05. The van der Waals surface area contributed by atoms with Crippen molar-refractivity contribution < 1.29 is 19.4 Å². The lowest BCUT2D eigenvalue weighted by molar-refractivity contribution is 0.0893. The minimum Gasteiger partial charge on any atom is -0.507 e. The van der Waals surface area contributed by atoms with E-state index in [2.05, 4.69) is 0 Å². The number of aromatic hydroxyl groups is 1. The Balaban J connectivity index is 2.14. The highest BCUT2D eigenvalue weighted by Gasteiger charge is 2.17. The predicted molar refractivity (Wildman–Crippen MR) is 79.4 cm³/mol. The summed E-state index contributed by atoms with van der Waals surface area (Å²) in [5, 5.41) is 9.98. The molecule has 0 saturated carbocycles. The molecular weight excluding hydrogens is 292 g/mol. The van der Waals surface area contributed by atoms with E-state index in [-0.39, 0.29) is 23.5 Å². The van der Waals surface area contributed by atoms with Crippen molar-refractivity contribution in [3.05, 3.63) is 58.6 Å². The molecule has 21 heavy (non-hydrogen) atoms. The molecule has 5 heteroatoms. The van der Waals surface area contributed by atoms with Crippen LogP contribution in [0, 0.1) is 0 Å². The zero-order chi connectivity index (χ0) is 15.4. The number of hydrogen-bond donors (Lipinski definition) is 1. The number of benzene rings is 2. The Morgan fingerprint density at radius 1 is 1.10 bits per heavy atom. The highest BCUT2D eigenvalue weighted by molar-refractivity contribution is 6.31. The maximum Gasteiger partial charge on any atom is 0.174 e. The van der Waals surface area contributed by atoms with E-state index in [4.69, 9.17) is 16.3 Å². The quantitative estimate of drug-likeness (QED) is 0.678. The number of phenolic OH excluding ortho intramolecular Hbond substituents is 1. The van der Waals surface area contributed by atoms with E-state index in [9.17, 15) is 14.7 Å². The molecule has 0 aliphatic carbocycles. The van der Waals surface area contributed by atoms with Crippen molar-refractivity contribution >= 4 is 23.2 Å². The number of ketones is 2. The van der Waals surface area contributed by atoms with Crippen LogP contribution in [-0.4, -0.2) is 23.8 Å². The first kappa shape index (κ1) is 15.1. The number of halogens is 1. The molecular formula is C16H13ClO4. The molecule has 108 valence electrons. The van der Waals surface area contributed by atoms with Gasteiger partial charge in [0.15, 0.2) is 11.6 Å². The van der Waals surface area contributed by atoms with Gasteiger partial charge in [-0.25, -0.2) is 0 Å². The minimum atomic E-state index is -0.476. The Labute approximate surface area is 126 Å². The monoisotopic (exact) mass is 304 g/mol. The molecule has 0 fully saturated rings. The summed E-state index contributed by atoms with van der Waals surface area (Å²) in [5.74, 6) is -0.366. The Bertz CT molecular complexity index is 677. The van der Waals surface area contributed by atoms with Crippen molar-refractivity contribution in [3.8, 4) is 11.5 Å². The van der Waals surface area contributed by atoms with E-state index in [1.165, 1.54) is 25.3 Å². The van der Waals surface area contributed by atoms with Crippen LogP contribution in [0.1, 0.15) is 27.1 Å². The van der Waals surface area contributed by atoms with Gasteiger partial charge in [0, 0.05) is 10.6 Å². The van der Waals surface area contributed by atoms with Gasteiger partial charge in [-0.1, -0.05) is 11.6 Å². The molecule has 0 saturated heterocycles. The third-order valence-corrected chi connectivity index (χ3v) is 3.23. The fourth-order valence-corrected chi connectivity index (χ4v) is 2.02. The molecule has 0 radical (unpaired) electrons. The summed E-state index contributed by atoms with van der Waals surface area (Å²) >= 11 is 5.79. The van der Waals surface area contributed by atoms with Crippen molar-refractivity contribution in [2.45, 2.75) is 6.42 Å². The largest absolute Gasteiger partial charge is 0.507 e. The SMILES string of the molecule is COc1ccc(C(=O)CC(=O)c2cc(Cl)ccc2O)cc1. The second-order valence-corrected chi connectivity index (χ2v) is 4.85. The molecule has 0 spiro atoms. The van der Waals surface area contributed by atoms with Crippen LogP contribution in [0.15, 0.2) is 42.5 Å². The maximum absolute atomic E-state index is 12.1. The van der Waals surface area contributed by atoms with E-state index in [0.29, 0.717) is 16.3 Å². The Hall–Kier alpha value is -2.33. The minimum absolute atomic E-state index is 0.0457. The second kappa shape index (κ2) is 6.41. The first-order chi connectivity index (χ1) is 10.0. The predicted octanol–water partition coefficient (Wildman–Crippen LogP) is 3.51. The van der Waals surface area contributed by atoms with Crippen molar-refractivity contribution in [1.29, 1.82) is 0 Å². The number of rotatable bonds is 5. The van der Waals surface area contributed by atoms with Gasteiger partial charge in [0.25, 0.3) is 0 Å². The van der Waals surface area contributed by atoms with E-state index in [1.54, 1.807) is 24.3 Å². The van der Waals surface area contributed by atoms with E-state index < -0.39 is 5.78 Å². The zero-order valence-electron chi connectivity index (χ0n) is 11.3. The fourth-order valence-electron chi connectivity index (χ4n) is 1.85. The smallest absolute Gasteiger partial charge is 0.174 e. The van der Waals surface area contributed by atoms with Crippen LogP contribution in [0.4, 0.5) is 0 Å². The molecule has 1 N–H and O–H groups in total. The number of hydrogen-bond acceptors (Lipinski definition) is 4. The van der Waals surface area contributed by atoms with Crippen molar-refractivity contribution in [2.24, 2.45) is 0 Å². The molecule has 2 rings (SSSR count). The first-order valence-electron chi connectivity index (χ1n) is 6.20. The highest BCUT2D eigenvalue weighted by Crippen LogP contribution is 2.23. The number of phenols is 1. The average Bonchev–Trinajstić information content (AvgIpc) is 2.49. The van der Waals surface area contributed by atoms with Crippen LogP contribution < -0.4 is 4.74 Å². The molecule has 0 amide bonds. The number of carbonyl (C=O) groups is 2. The summed E-state index contributed by atoms with van der Waals surface area (Å²) < 4.78 is 5.00. The number of ether oxygens (including phenoxy) is 1. The van der Waals surface area contributed by atoms with Gasteiger partial charge in [0.2, 0.25) is 0 Å². The van der Waals surface area contributed by atoms with Gasteiger partial charge in [-0.05, 0) is 42.5 Å². The van der Waals surface area contributed by atoms with Crippen LogP contribution in [-0.2, 0) is 0 Å². The molecule has 0 aromatic heterocycles. The molecule has 0 bridgehead atoms. The third-order valence-electron chi connectivity index (χ3n) is 2.99. The third kappa shape index (κ3) is 3.61. The number of Topliss-reactive ketones (excluding diaryl/α,β-unsaturated/α-hetero) is 2. The molecule has 0 aliphatic rings. The Kier molecular flexibility index (Phi) is 4.60. The van der Waals surface area contributed by atoms with Gasteiger partial charge in [0.05, 0.1) is 19.1 Å². The molecule has 0 atom stereocenters. The highest BCUT2D eigenvalue weighted by atomic mass is 35.5. The summed E-state index contributed by atoms with van der Waals surface area (Å²) in [5.41, 5.74) is 0.454. The summed E-state index contributed by atoms with van der Waals surface area (Å²) in [6.07, 6.45) is -0.333. The van der Waals surface area contributed by atoms with E-state index in [1.807, 2.05) is 0 Å². The fraction of sp³-hybridized carbons (Fsp3) is 0.125. The average molecular weight is 305 g/mol. The summed E-state index contributed by atoms with van der Waals surface area (Å²) in [4.78, 5) is 24.1. The molecule has 2 aromatic rings. The number of methoxy groups -OCH3 is 1. The molecule has 0 aliphatic heterocycles. The van der Waals surface area contributed by atoms with Crippen LogP contribution in [0.5, 0.6) is 11.5 Å². The normalized spacial score (nSPS) is 10.2. The maximum atomic E-state index is 12.1. The van der Waals surface area contributed by atoms with Crippen molar-refractivity contribution in [3.63, 3.8) is 0 Å². The topological polar surface area (TPSA) is 63.6 Å². The standard InChI is InChI=1S/C16H13ClO4/c1-21-12-5-2-10(3-6-12)15(19)9-16(20)13-8-11(17)4-7-14(13)18/h2-8,18H,9H2,1H3. The summed E-state index contributed by atoms with van der Waals surface area (Å²) in [6.45, 7) is 0. The van der Waals surface area contributed by atoms with E-state index >= 15 is 0 Å². The lowest BCUT2D eigenvalue weighted by atomic mass is 10.0. The first-order valence-corrected chi connectivity index (χ1v) is 6.58. The molecule has 0 unspecified atom stereocenters. The summed E-state index contributed by atoms with van der Waals surface area (Å²) in [7, 11) is 1.53. The number of carbonyl (C=O) groups excluding carboxylic acids is 2. The lowest BCUT2D eigenvalue weighted by Crippen LogP contribution is -2.09. The van der Waals surface area contributed by atoms with Crippen LogP contribution in [0.2, 0.25) is 5.02 Å². The van der Waals surface area contributed by atoms with Gasteiger partial charge >= 0.3 is 0 Å². The van der Waals surface area contributed by atoms with Crippen molar-refractivity contribution in [2.75, 3.05) is 7.11 Å². The van der Waals surface area contributed by atoms with Crippen LogP contribution in [0.3, 0.4) is 0 Å². The van der Waals surface area contributed by atoms with Gasteiger partial charge in [-0.3, -0.25) is 9.59 Å². The Morgan fingerprint density at radius 3 is 2.38 bits per heavy atom. The van der Waals surface area contributed by atoms with Gasteiger partial charge < -0.3 is 9.84 Å². The molecule has 0 heterocycles. The van der Waals surface area contributed by atoms with E-state index in [0.717, 1.165) is 0 Å². The van der Waals surface area contributed by atoms with Crippen LogP contribution >= 0.6 is 11.6 Å². The zero-order valence-corrected chi connectivity index (χ0v) is 12.1. The summed E-state index contributed by atoms with van der Waals surface area (Å²) in [6, 6.07) is 10.6. The van der Waals surface area contributed by atoms with Crippen LogP contribution in [0.25, 0.3) is 0 Å².